The Bertz CT molecular complexity index is 431. The van der Waals surface area contributed by atoms with E-state index in [2.05, 4.69) is 6.58 Å². The van der Waals surface area contributed by atoms with Crippen LogP contribution in [0.2, 0.25) is 0 Å². The fraction of sp³-hybridized carbons (Fsp3) is 0.273. The summed E-state index contributed by atoms with van der Waals surface area (Å²) in [7, 11) is 1.37. The van der Waals surface area contributed by atoms with Crippen LogP contribution >= 0.6 is 0 Å². The van der Waals surface area contributed by atoms with Crippen molar-refractivity contribution in [3.8, 4) is 11.5 Å². The van der Waals surface area contributed by atoms with Gasteiger partial charge in [-0.15, -0.1) is 0 Å². The van der Waals surface area contributed by atoms with Crippen molar-refractivity contribution in [2.45, 2.75) is 0 Å². The van der Waals surface area contributed by atoms with Gasteiger partial charge in [0.15, 0.2) is 5.75 Å². The second-order valence-electron chi connectivity index (χ2n) is 3.33. The molecule has 0 fully saturated rings. The minimum Gasteiger partial charge on any atom is -0.490 e. The van der Waals surface area contributed by atoms with E-state index in [0.717, 1.165) is 0 Å². The number of nitro benzene ring substituents is 1. The lowest BCUT2D eigenvalue weighted by Gasteiger charge is -2.08. The molecule has 0 amide bonds. The molecule has 0 spiro atoms. The average Bonchev–Trinajstić information content (AvgIpc) is 2.35. The fourth-order valence-electron chi connectivity index (χ4n) is 1.15. The minimum absolute atomic E-state index is 0.136. The molecule has 6 nitrogen and oxygen atoms in total. The van der Waals surface area contributed by atoms with Crippen LogP contribution in [0.15, 0.2) is 30.4 Å². The Morgan fingerprint density at radius 3 is 2.82 bits per heavy atom. The van der Waals surface area contributed by atoms with Gasteiger partial charge < -0.3 is 15.2 Å². The monoisotopic (exact) mass is 238 g/mol. The van der Waals surface area contributed by atoms with Crippen LogP contribution in [0.4, 0.5) is 5.69 Å². The Labute approximate surface area is 98.8 Å². The number of hydrogen-bond acceptors (Lipinski definition) is 5. The number of ether oxygens (including phenoxy) is 2. The van der Waals surface area contributed by atoms with Crippen molar-refractivity contribution in [2.75, 3.05) is 20.3 Å². The van der Waals surface area contributed by atoms with Gasteiger partial charge in [0.05, 0.1) is 18.1 Å². The lowest BCUT2D eigenvalue weighted by molar-refractivity contribution is -0.385. The molecule has 0 radical (unpaired) electrons. The van der Waals surface area contributed by atoms with Gasteiger partial charge in [0.1, 0.15) is 12.4 Å². The quantitative estimate of drug-likeness (QED) is 0.461. The smallest absolute Gasteiger partial charge is 0.314 e. The van der Waals surface area contributed by atoms with Gasteiger partial charge in [-0.2, -0.15) is 0 Å². The van der Waals surface area contributed by atoms with Gasteiger partial charge in [0, 0.05) is 6.54 Å². The van der Waals surface area contributed by atoms with Crippen LogP contribution in [0.3, 0.4) is 0 Å². The van der Waals surface area contributed by atoms with E-state index >= 15 is 0 Å². The van der Waals surface area contributed by atoms with Crippen LogP contribution in [0, 0.1) is 10.1 Å². The molecule has 0 saturated heterocycles. The molecule has 0 heterocycles. The fourth-order valence-corrected chi connectivity index (χ4v) is 1.15. The summed E-state index contributed by atoms with van der Waals surface area (Å²) in [5, 5.41) is 10.8. The summed E-state index contributed by atoms with van der Waals surface area (Å²) in [6, 6.07) is 4.39. The molecule has 0 bridgehead atoms. The predicted molar refractivity (Wildman–Crippen MR) is 63.3 cm³/mol. The maximum absolute atomic E-state index is 10.8. The first-order valence-electron chi connectivity index (χ1n) is 4.90. The van der Waals surface area contributed by atoms with Crippen molar-refractivity contribution in [1.29, 1.82) is 0 Å². The molecule has 0 saturated carbocycles. The van der Waals surface area contributed by atoms with E-state index in [1.165, 1.54) is 19.2 Å². The Morgan fingerprint density at radius 2 is 2.29 bits per heavy atom. The van der Waals surface area contributed by atoms with Crippen molar-refractivity contribution < 1.29 is 14.4 Å². The molecule has 1 aromatic carbocycles. The molecular weight excluding hydrogens is 224 g/mol. The van der Waals surface area contributed by atoms with E-state index in [1.807, 2.05) is 0 Å². The van der Waals surface area contributed by atoms with Gasteiger partial charge in [-0.25, -0.2) is 0 Å². The van der Waals surface area contributed by atoms with Crippen LogP contribution in [0.5, 0.6) is 11.5 Å². The van der Waals surface area contributed by atoms with E-state index in [0.29, 0.717) is 17.9 Å². The maximum Gasteiger partial charge on any atom is 0.314 e. The molecule has 0 aromatic heterocycles. The third-order valence-corrected chi connectivity index (χ3v) is 2.08. The topological polar surface area (TPSA) is 87.6 Å². The molecule has 0 atom stereocenters. The molecule has 1 rings (SSSR count). The van der Waals surface area contributed by atoms with Crippen molar-refractivity contribution in [1.82, 2.24) is 0 Å². The van der Waals surface area contributed by atoms with Crippen molar-refractivity contribution in [2.24, 2.45) is 5.73 Å². The second-order valence-corrected chi connectivity index (χ2v) is 3.33. The third kappa shape index (κ3) is 3.46. The first-order valence-corrected chi connectivity index (χ1v) is 4.90. The summed E-state index contributed by atoms with van der Waals surface area (Å²) < 4.78 is 10.2. The van der Waals surface area contributed by atoms with Gasteiger partial charge in [-0.1, -0.05) is 6.58 Å². The zero-order valence-electron chi connectivity index (χ0n) is 9.51. The number of nitrogens with zero attached hydrogens (tertiary/aromatic N) is 1. The SMILES string of the molecule is C=C(CN)COc1ccc(OC)c([N+](=O)[O-])c1. The molecule has 17 heavy (non-hydrogen) atoms. The second kappa shape index (κ2) is 5.86. The minimum atomic E-state index is -0.524. The Kier molecular flexibility index (Phi) is 4.47. The van der Waals surface area contributed by atoms with E-state index in [4.69, 9.17) is 15.2 Å². The first kappa shape index (κ1) is 13.0. The summed E-state index contributed by atoms with van der Waals surface area (Å²) in [6.45, 7) is 4.22. The molecule has 0 aliphatic carbocycles. The molecule has 0 unspecified atom stereocenters. The number of rotatable bonds is 6. The molecule has 0 aliphatic rings. The van der Waals surface area contributed by atoms with E-state index in [-0.39, 0.29) is 18.0 Å². The predicted octanol–water partition coefficient (Wildman–Crippen LogP) is 1.50. The summed E-state index contributed by atoms with van der Waals surface area (Å²) >= 11 is 0. The van der Waals surface area contributed by atoms with Gasteiger partial charge in [-0.05, 0) is 17.7 Å². The largest absolute Gasteiger partial charge is 0.490 e. The summed E-state index contributed by atoms with van der Waals surface area (Å²) in [6.07, 6.45) is 0. The molecule has 6 heteroatoms. The van der Waals surface area contributed by atoms with Crippen molar-refractivity contribution in [3.05, 3.63) is 40.5 Å². The number of benzene rings is 1. The van der Waals surface area contributed by atoms with Gasteiger partial charge in [0.25, 0.3) is 0 Å². The maximum atomic E-state index is 10.8. The van der Waals surface area contributed by atoms with Crippen molar-refractivity contribution >= 4 is 5.69 Å². The zero-order valence-corrected chi connectivity index (χ0v) is 9.51. The number of hydrogen-bond donors (Lipinski definition) is 1. The van der Waals surface area contributed by atoms with Gasteiger partial charge in [0.2, 0.25) is 0 Å². The summed E-state index contributed by atoms with van der Waals surface area (Å²) in [4.78, 5) is 10.2. The van der Waals surface area contributed by atoms with Crippen LogP contribution in [0.25, 0.3) is 0 Å². The molecule has 0 aliphatic heterocycles. The molecule has 2 N–H and O–H groups in total. The lowest BCUT2D eigenvalue weighted by Crippen LogP contribution is -2.10. The van der Waals surface area contributed by atoms with Crippen LogP contribution in [-0.2, 0) is 0 Å². The van der Waals surface area contributed by atoms with Crippen LogP contribution < -0.4 is 15.2 Å². The number of nitrogens with two attached hydrogens (primary N) is 1. The van der Waals surface area contributed by atoms with Crippen LogP contribution in [0.1, 0.15) is 0 Å². The first-order chi connectivity index (χ1) is 8.08. The molecular formula is C11H14N2O4. The lowest BCUT2D eigenvalue weighted by atomic mass is 10.2. The number of nitro groups is 1. The third-order valence-electron chi connectivity index (χ3n) is 2.08. The standard InChI is InChI=1S/C11H14N2O4/c1-8(6-12)7-17-9-3-4-11(16-2)10(5-9)13(14)15/h3-5H,1,6-7,12H2,2H3. The molecule has 92 valence electrons. The highest BCUT2D eigenvalue weighted by Gasteiger charge is 2.15. The van der Waals surface area contributed by atoms with E-state index in [1.54, 1.807) is 6.07 Å². The highest BCUT2D eigenvalue weighted by atomic mass is 16.6. The van der Waals surface area contributed by atoms with Gasteiger partial charge >= 0.3 is 5.69 Å². The van der Waals surface area contributed by atoms with Crippen molar-refractivity contribution in [3.63, 3.8) is 0 Å². The Balaban J connectivity index is 2.85. The zero-order chi connectivity index (χ0) is 12.8. The summed E-state index contributed by atoms with van der Waals surface area (Å²) in [5.41, 5.74) is 5.93. The van der Waals surface area contributed by atoms with E-state index in [9.17, 15) is 10.1 Å². The Morgan fingerprint density at radius 1 is 1.59 bits per heavy atom. The Hall–Kier alpha value is -2.08. The highest BCUT2D eigenvalue weighted by Crippen LogP contribution is 2.30. The number of methoxy groups -OCH3 is 1. The highest BCUT2D eigenvalue weighted by molar-refractivity contribution is 5.50. The van der Waals surface area contributed by atoms with Crippen LogP contribution in [-0.4, -0.2) is 25.2 Å². The van der Waals surface area contributed by atoms with E-state index < -0.39 is 4.92 Å². The average molecular weight is 238 g/mol. The summed E-state index contributed by atoms with van der Waals surface area (Å²) in [5.74, 6) is 0.576. The van der Waals surface area contributed by atoms with Gasteiger partial charge in [-0.3, -0.25) is 10.1 Å². The molecule has 1 aromatic rings. The normalized spacial score (nSPS) is 9.76.